The van der Waals surface area contributed by atoms with E-state index in [2.05, 4.69) is 20.8 Å². The predicted octanol–water partition coefficient (Wildman–Crippen LogP) is 4.78. The maximum atomic E-state index is 14.7. The molecule has 4 rings (SSSR count). The highest BCUT2D eigenvalue weighted by Crippen LogP contribution is 2.30. The highest BCUT2D eigenvalue weighted by Gasteiger charge is 2.17. The van der Waals surface area contributed by atoms with Crippen LogP contribution in [0.4, 0.5) is 10.3 Å². The van der Waals surface area contributed by atoms with Crippen molar-refractivity contribution in [2.75, 3.05) is 18.4 Å². The molecule has 0 fully saturated rings. The summed E-state index contributed by atoms with van der Waals surface area (Å²) in [7, 11) is 0. The van der Waals surface area contributed by atoms with Gasteiger partial charge in [0.15, 0.2) is 5.96 Å². The summed E-state index contributed by atoms with van der Waals surface area (Å²) in [5, 5.41) is 10.5. The molecule has 1 aromatic heterocycles. The van der Waals surface area contributed by atoms with Crippen LogP contribution >= 0.6 is 0 Å². The maximum Gasteiger partial charge on any atom is 0.231 e. The lowest BCUT2D eigenvalue weighted by atomic mass is 9.95. The number of nitrogens with zero attached hydrogens (tertiary/aromatic N) is 2. The first kappa shape index (κ1) is 18.2. The number of hydrogen-bond donors (Lipinski definition) is 2. The summed E-state index contributed by atoms with van der Waals surface area (Å²) in [6, 6.07) is 16.7. The Hall–Kier alpha value is -3.15. The van der Waals surface area contributed by atoms with Gasteiger partial charge in [-0.15, -0.1) is 0 Å². The average Bonchev–Trinajstić information content (AvgIpc) is 3.03. The molecule has 0 saturated carbocycles. The average molecular weight is 378 g/mol. The molecule has 0 saturated heterocycles. The standard InChI is InChI=1S/C22H23FN4O/c1-15(17-9-10-18(19(23)13-17)16-7-3-2-4-8-16)20-14-21(28-27-20)26-22-24-11-5-6-12-25-22/h2-4,7-10,13-15H,5-6,11-12H2,1H3,(H2,24,25,26). The van der Waals surface area contributed by atoms with Crippen LogP contribution in [-0.4, -0.2) is 24.2 Å². The second-order valence-corrected chi connectivity index (χ2v) is 6.93. The van der Waals surface area contributed by atoms with Crippen LogP contribution in [0.3, 0.4) is 0 Å². The lowest BCUT2D eigenvalue weighted by Crippen LogP contribution is -2.30. The van der Waals surface area contributed by atoms with Gasteiger partial charge in [0.1, 0.15) is 5.82 Å². The van der Waals surface area contributed by atoms with Gasteiger partial charge in [-0.05, 0) is 30.0 Å². The molecule has 6 heteroatoms. The third kappa shape index (κ3) is 4.06. The molecule has 0 bridgehead atoms. The molecule has 0 spiro atoms. The Kier molecular flexibility index (Phi) is 5.37. The number of rotatable bonds is 4. The van der Waals surface area contributed by atoms with E-state index >= 15 is 0 Å². The highest BCUT2D eigenvalue weighted by molar-refractivity contribution is 5.92. The van der Waals surface area contributed by atoms with Gasteiger partial charge in [-0.2, -0.15) is 0 Å². The Balaban J connectivity index is 1.50. The van der Waals surface area contributed by atoms with Crippen molar-refractivity contribution in [1.29, 1.82) is 0 Å². The Morgan fingerprint density at radius 1 is 1.11 bits per heavy atom. The quantitative estimate of drug-likeness (QED) is 0.686. The number of benzene rings is 2. The first-order valence-corrected chi connectivity index (χ1v) is 9.57. The molecule has 2 heterocycles. The predicted molar refractivity (Wildman–Crippen MR) is 109 cm³/mol. The van der Waals surface area contributed by atoms with E-state index in [1.165, 1.54) is 0 Å². The third-order valence-electron chi connectivity index (χ3n) is 4.94. The Morgan fingerprint density at radius 2 is 1.96 bits per heavy atom. The van der Waals surface area contributed by atoms with E-state index in [1.807, 2.05) is 55.5 Å². The van der Waals surface area contributed by atoms with E-state index in [9.17, 15) is 4.39 Å². The van der Waals surface area contributed by atoms with E-state index in [1.54, 1.807) is 6.07 Å². The van der Waals surface area contributed by atoms with Crippen LogP contribution in [0.25, 0.3) is 11.1 Å². The van der Waals surface area contributed by atoms with Crippen LogP contribution in [-0.2, 0) is 0 Å². The number of aromatic nitrogens is 1. The lowest BCUT2D eigenvalue weighted by Gasteiger charge is -2.11. The van der Waals surface area contributed by atoms with E-state index in [4.69, 9.17) is 4.52 Å². The SMILES string of the molecule is CC(c1ccc(-c2ccccc2)c(F)c1)c1cc(NC2=NCCCCN2)on1. The summed E-state index contributed by atoms with van der Waals surface area (Å²) in [5.41, 5.74) is 3.05. The molecular weight excluding hydrogens is 355 g/mol. The molecule has 1 atom stereocenters. The molecule has 2 N–H and O–H groups in total. The zero-order valence-electron chi connectivity index (χ0n) is 15.8. The van der Waals surface area contributed by atoms with Crippen LogP contribution in [0.1, 0.15) is 36.9 Å². The molecule has 0 radical (unpaired) electrons. The topological polar surface area (TPSA) is 62.5 Å². The van der Waals surface area contributed by atoms with E-state index in [0.717, 1.165) is 42.8 Å². The van der Waals surface area contributed by atoms with Gasteiger partial charge < -0.3 is 9.84 Å². The molecule has 1 unspecified atom stereocenters. The fourth-order valence-corrected chi connectivity index (χ4v) is 3.27. The fourth-order valence-electron chi connectivity index (χ4n) is 3.27. The molecule has 1 aliphatic heterocycles. The van der Waals surface area contributed by atoms with Crippen molar-refractivity contribution in [1.82, 2.24) is 10.5 Å². The van der Waals surface area contributed by atoms with Gasteiger partial charge in [0.2, 0.25) is 5.88 Å². The van der Waals surface area contributed by atoms with Gasteiger partial charge in [-0.1, -0.05) is 54.5 Å². The van der Waals surface area contributed by atoms with Crippen molar-refractivity contribution in [3.05, 3.63) is 71.7 Å². The normalized spacial score (nSPS) is 15.3. The maximum absolute atomic E-state index is 14.7. The van der Waals surface area contributed by atoms with Crippen molar-refractivity contribution < 1.29 is 8.91 Å². The number of nitrogens with one attached hydrogen (secondary N) is 2. The minimum Gasteiger partial charge on any atom is -0.356 e. The van der Waals surface area contributed by atoms with Crippen molar-refractivity contribution in [3.8, 4) is 11.1 Å². The number of aliphatic imine (C=N–C) groups is 1. The van der Waals surface area contributed by atoms with Crippen LogP contribution in [0, 0.1) is 5.82 Å². The van der Waals surface area contributed by atoms with Crippen molar-refractivity contribution in [3.63, 3.8) is 0 Å². The molecule has 2 aromatic carbocycles. The number of hydrogen-bond acceptors (Lipinski definition) is 5. The summed E-state index contributed by atoms with van der Waals surface area (Å²) in [4.78, 5) is 4.44. The highest BCUT2D eigenvalue weighted by atomic mass is 19.1. The number of anilines is 1. The minimum atomic E-state index is -0.241. The van der Waals surface area contributed by atoms with Crippen LogP contribution < -0.4 is 10.6 Å². The molecular formula is C22H23FN4O. The summed E-state index contributed by atoms with van der Waals surface area (Å²) in [6.45, 7) is 3.66. The molecule has 28 heavy (non-hydrogen) atoms. The summed E-state index contributed by atoms with van der Waals surface area (Å²) < 4.78 is 20.1. The fraction of sp³-hybridized carbons (Fsp3) is 0.273. The first-order chi connectivity index (χ1) is 13.7. The Labute approximate surface area is 163 Å². The molecule has 3 aromatic rings. The zero-order chi connectivity index (χ0) is 19.3. The minimum absolute atomic E-state index is 0.0948. The van der Waals surface area contributed by atoms with Crippen molar-refractivity contribution >= 4 is 11.8 Å². The van der Waals surface area contributed by atoms with Crippen molar-refractivity contribution in [2.45, 2.75) is 25.7 Å². The van der Waals surface area contributed by atoms with Gasteiger partial charge in [0, 0.05) is 30.6 Å². The van der Waals surface area contributed by atoms with Crippen LogP contribution in [0.15, 0.2) is 64.1 Å². The van der Waals surface area contributed by atoms with E-state index in [-0.39, 0.29) is 11.7 Å². The number of halogens is 1. The zero-order valence-corrected chi connectivity index (χ0v) is 15.8. The van der Waals surface area contributed by atoms with Gasteiger partial charge in [-0.3, -0.25) is 10.3 Å². The molecule has 144 valence electrons. The second-order valence-electron chi connectivity index (χ2n) is 6.93. The summed E-state index contributed by atoms with van der Waals surface area (Å²) in [6.07, 6.45) is 2.17. The smallest absolute Gasteiger partial charge is 0.231 e. The molecule has 1 aliphatic rings. The lowest BCUT2D eigenvalue weighted by molar-refractivity contribution is 0.424. The van der Waals surface area contributed by atoms with Gasteiger partial charge in [-0.25, -0.2) is 4.39 Å². The van der Waals surface area contributed by atoms with E-state index in [0.29, 0.717) is 17.4 Å². The van der Waals surface area contributed by atoms with Crippen LogP contribution in [0.2, 0.25) is 0 Å². The van der Waals surface area contributed by atoms with Crippen LogP contribution in [0.5, 0.6) is 0 Å². The molecule has 5 nitrogen and oxygen atoms in total. The Morgan fingerprint density at radius 3 is 2.79 bits per heavy atom. The van der Waals surface area contributed by atoms with E-state index < -0.39 is 0 Å². The third-order valence-corrected chi connectivity index (χ3v) is 4.94. The molecule has 0 amide bonds. The van der Waals surface area contributed by atoms with Gasteiger partial charge >= 0.3 is 0 Å². The van der Waals surface area contributed by atoms with Gasteiger partial charge in [0.25, 0.3) is 0 Å². The largest absolute Gasteiger partial charge is 0.356 e. The second kappa shape index (κ2) is 8.25. The summed E-state index contributed by atoms with van der Waals surface area (Å²) in [5.74, 6) is 0.888. The number of guanidine groups is 1. The van der Waals surface area contributed by atoms with Gasteiger partial charge in [0.05, 0.1) is 5.69 Å². The monoisotopic (exact) mass is 378 g/mol. The first-order valence-electron chi connectivity index (χ1n) is 9.57. The molecule has 0 aliphatic carbocycles. The summed E-state index contributed by atoms with van der Waals surface area (Å²) >= 11 is 0. The Bertz CT molecular complexity index is 968. The van der Waals surface area contributed by atoms with Crippen molar-refractivity contribution in [2.24, 2.45) is 4.99 Å².